The van der Waals surface area contributed by atoms with Gasteiger partial charge in [-0.05, 0) is 23.9 Å². The summed E-state index contributed by atoms with van der Waals surface area (Å²) in [6.45, 7) is 2.68. The third-order valence-electron chi connectivity index (χ3n) is 4.36. The Labute approximate surface area is 149 Å². The van der Waals surface area contributed by atoms with Gasteiger partial charge in [0.25, 0.3) is 0 Å². The summed E-state index contributed by atoms with van der Waals surface area (Å²) < 4.78 is 6.21. The first-order chi connectivity index (χ1) is 12.2. The second-order valence-corrected chi connectivity index (χ2v) is 6.46. The van der Waals surface area contributed by atoms with Crippen molar-refractivity contribution in [1.82, 2.24) is 25.1 Å². The van der Waals surface area contributed by atoms with Gasteiger partial charge in [0.05, 0.1) is 0 Å². The van der Waals surface area contributed by atoms with Gasteiger partial charge >= 0.3 is 5.69 Å². The van der Waals surface area contributed by atoms with E-state index in [1.807, 2.05) is 30.3 Å². The molecule has 0 spiro atoms. The fourth-order valence-corrected chi connectivity index (χ4v) is 3.38. The number of nitrogens with one attached hydrogen (secondary N) is 2. The highest BCUT2D eigenvalue weighted by Gasteiger charge is 2.24. The molecule has 1 aliphatic heterocycles. The van der Waals surface area contributed by atoms with Crippen LogP contribution < -0.4 is 10.4 Å². The smallest absolute Gasteiger partial charge is 0.340 e. The first-order valence-corrected chi connectivity index (χ1v) is 8.76. The Morgan fingerprint density at radius 1 is 1.36 bits per heavy atom. The van der Waals surface area contributed by atoms with Gasteiger partial charge in [-0.3, -0.25) is 9.88 Å². The molecule has 3 aromatic rings. The molecule has 3 heterocycles. The van der Waals surface area contributed by atoms with Crippen molar-refractivity contribution in [3.05, 3.63) is 40.8 Å². The van der Waals surface area contributed by atoms with Crippen LogP contribution in [0, 0.1) is 0 Å². The van der Waals surface area contributed by atoms with Crippen LogP contribution >= 0.6 is 11.6 Å². The molecule has 8 heteroatoms. The first kappa shape index (κ1) is 16.1. The number of halogens is 1. The van der Waals surface area contributed by atoms with Crippen LogP contribution in [0.4, 0.5) is 0 Å². The molecule has 1 aromatic carbocycles. The van der Waals surface area contributed by atoms with E-state index in [4.69, 9.17) is 16.3 Å². The highest BCUT2D eigenvalue weighted by Crippen LogP contribution is 2.29. The summed E-state index contributed by atoms with van der Waals surface area (Å²) in [6.07, 6.45) is 1.02. The van der Waals surface area contributed by atoms with Gasteiger partial charge < -0.3 is 4.74 Å². The number of pyridine rings is 1. The summed E-state index contributed by atoms with van der Waals surface area (Å²) in [5.41, 5.74) is 0.211. The maximum atomic E-state index is 11.3. The number of rotatable bonds is 5. The number of benzene rings is 1. The third kappa shape index (κ3) is 3.38. The van der Waals surface area contributed by atoms with Crippen molar-refractivity contribution in [1.29, 1.82) is 0 Å². The van der Waals surface area contributed by atoms with E-state index in [2.05, 4.69) is 25.1 Å². The van der Waals surface area contributed by atoms with Crippen LogP contribution in [0.2, 0.25) is 0 Å². The molecule has 0 aliphatic carbocycles. The zero-order chi connectivity index (χ0) is 17.2. The van der Waals surface area contributed by atoms with Gasteiger partial charge in [0.1, 0.15) is 11.8 Å². The molecule has 0 bridgehead atoms. The minimum absolute atomic E-state index is 0.0765. The standard InChI is InChI=1S/C17H18ClN5O2/c18-6-8-23-7-5-12(10-23)25-16-13-4-2-1-3-11(13)9-14(19-16)15-20-17(24)22-21-15/h1-4,9,12H,5-8,10H2,(H2,20,21,22,24)/t12-/m0/s1. The molecule has 2 N–H and O–H groups in total. The average molecular weight is 360 g/mol. The molecule has 25 heavy (non-hydrogen) atoms. The number of aromatic amines is 2. The van der Waals surface area contributed by atoms with E-state index in [-0.39, 0.29) is 11.8 Å². The molecule has 130 valence electrons. The lowest BCUT2D eigenvalue weighted by atomic mass is 10.1. The molecule has 0 radical (unpaired) electrons. The first-order valence-electron chi connectivity index (χ1n) is 8.23. The number of ether oxygens (including phenoxy) is 1. The number of hydrogen-bond acceptors (Lipinski definition) is 5. The fraction of sp³-hybridized carbons (Fsp3) is 0.353. The van der Waals surface area contributed by atoms with E-state index >= 15 is 0 Å². The summed E-state index contributed by atoms with van der Waals surface area (Å²) in [5, 5.41) is 8.27. The molecule has 1 fully saturated rings. The number of likely N-dealkylation sites (tertiary alicyclic amines) is 1. The zero-order valence-electron chi connectivity index (χ0n) is 13.5. The molecular weight excluding hydrogens is 342 g/mol. The van der Waals surface area contributed by atoms with Gasteiger partial charge in [0.15, 0.2) is 5.82 Å². The summed E-state index contributed by atoms with van der Waals surface area (Å²) in [5.74, 6) is 1.58. The third-order valence-corrected chi connectivity index (χ3v) is 4.53. The lowest BCUT2D eigenvalue weighted by Gasteiger charge is -2.16. The Bertz CT molecular complexity index is 938. The van der Waals surface area contributed by atoms with Crippen molar-refractivity contribution in [2.45, 2.75) is 12.5 Å². The molecular formula is C17H18ClN5O2. The summed E-state index contributed by atoms with van der Waals surface area (Å²) >= 11 is 5.82. The SMILES string of the molecule is O=c1[nH]nc(-c2cc3ccccc3c(O[C@H]3CCN(CCCl)C3)n2)[nH]1. The van der Waals surface area contributed by atoms with Gasteiger partial charge in [-0.2, -0.15) is 5.10 Å². The number of aromatic nitrogens is 4. The van der Waals surface area contributed by atoms with Crippen LogP contribution in [-0.4, -0.2) is 56.7 Å². The second-order valence-electron chi connectivity index (χ2n) is 6.08. The average Bonchev–Trinajstić information content (AvgIpc) is 3.24. The predicted octanol–water partition coefficient (Wildman–Crippen LogP) is 2.01. The van der Waals surface area contributed by atoms with Crippen molar-refractivity contribution < 1.29 is 4.74 Å². The van der Waals surface area contributed by atoms with Crippen molar-refractivity contribution in [3.8, 4) is 17.4 Å². The van der Waals surface area contributed by atoms with Crippen molar-refractivity contribution >= 4 is 22.4 Å². The second kappa shape index (κ2) is 6.85. The Morgan fingerprint density at radius 2 is 2.24 bits per heavy atom. The van der Waals surface area contributed by atoms with Gasteiger partial charge in [-0.15, -0.1) is 11.6 Å². The monoisotopic (exact) mass is 359 g/mol. The minimum atomic E-state index is -0.361. The van der Waals surface area contributed by atoms with Gasteiger partial charge in [0.2, 0.25) is 5.88 Å². The van der Waals surface area contributed by atoms with Crippen LogP contribution in [0.25, 0.3) is 22.3 Å². The lowest BCUT2D eigenvalue weighted by molar-refractivity contribution is 0.198. The van der Waals surface area contributed by atoms with E-state index in [1.54, 1.807) is 0 Å². The zero-order valence-corrected chi connectivity index (χ0v) is 14.3. The van der Waals surface area contributed by atoms with Gasteiger partial charge in [-0.25, -0.2) is 14.9 Å². The lowest BCUT2D eigenvalue weighted by Crippen LogP contribution is -2.26. The maximum absolute atomic E-state index is 11.3. The van der Waals surface area contributed by atoms with E-state index in [9.17, 15) is 4.79 Å². The van der Waals surface area contributed by atoms with Crippen LogP contribution in [0.15, 0.2) is 35.1 Å². The number of nitrogens with zero attached hydrogens (tertiary/aromatic N) is 3. The number of hydrogen-bond donors (Lipinski definition) is 2. The summed E-state index contributed by atoms with van der Waals surface area (Å²) in [4.78, 5) is 20.9. The maximum Gasteiger partial charge on any atom is 0.340 e. The van der Waals surface area contributed by atoms with Crippen molar-refractivity contribution in [3.63, 3.8) is 0 Å². The predicted molar refractivity (Wildman–Crippen MR) is 96.1 cm³/mol. The van der Waals surface area contributed by atoms with Gasteiger partial charge in [0, 0.05) is 30.9 Å². The van der Waals surface area contributed by atoms with Crippen LogP contribution in [-0.2, 0) is 0 Å². The molecule has 0 saturated carbocycles. The summed E-state index contributed by atoms with van der Waals surface area (Å²) in [7, 11) is 0. The van der Waals surface area contributed by atoms with E-state index in [1.165, 1.54) is 0 Å². The molecule has 0 unspecified atom stereocenters. The number of H-pyrrole nitrogens is 2. The Balaban J connectivity index is 1.68. The van der Waals surface area contributed by atoms with Crippen molar-refractivity contribution in [2.24, 2.45) is 0 Å². The number of fused-ring (bicyclic) bond motifs is 1. The largest absolute Gasteiger partial charge is 0.472 e. The van der Waals surface area contributed by atoms with E-state index < -0.39 is 0 Å². The molecule has 2 aromatic heterocycles. The van der Waals surface area contributed by atoms with Gasteiger partial charge in [-0.1, -0.05) is 18.2 Å². The molecule has 1 aliphatic rings. The quantitative estimate of drug-likeness (QED) is 0.680. The Kier molecular flexibility index (Phi) is 4.42. The minimum Gasteiger partial charge on any atom is -0.472 e. The molecule has 0 amide bonds. The van der Waals surface area contributed by atoms with E-state index in [0.29, 0.717) is 23.3 Å². The Morgan fingerprint density at radius 3 is 3.04 bits per heavy atom. The van der Waals surface area contributed by atoms with Crippen molar-refractivity contribution in [2.75, 3.05) is 25.5 Å². The van der Waals surface area contributed by atoms with Crippen LogP contribution in [0.5, 0.6) is 5.88 Å². The molecule has 7 nitrogen and oxygen atoms in total. The normalized spacial score (nSPS) is 18.0. The topological polar surface area (TPSA) is 86.9 Å². The molecule has 1 saturated heterocycles. The summed E-state index contributed by atoms with van der Waals surface area (Å²) in [6, 6.07) is 9.79. The van der Waals surface area contributed by atoms with Crippen LogP contribution in [0.1, 0.15) is 6.42 Å². The highest BCUT2D eigenvalue weighted by atomic mass is 35.5. The molecule has 1 atom stereocenters. The molecule has 4 rings (SSSR count). The number of alkyl halides is 1. The van der Waals surface area contributed by atoms with Crippen LogP contribution in [0.3, 0.4) is 0 Å². The van der Waals surface area contributed by atoms with E-state index in [0.717, 1.165) is 36.8 Å². The Hall–Kier alpha value is -2.38. The fourth-order valence-electron chi connectivity index (χ4n) is 3.14. The highest BCUT2D eigenvalue weighted by molar-refractivity contribution is 6.18.